The fourth-order valence-electron chi connectivity index (χ4n) is 1.99. The Morgan fingerprint density at radius 2 is 2.14 bits per heavy atom. The molecule has 0 atom stereocenters. The van der Waals surface area contributed by atoms with Crippen LogP contribution < -0.4 is 10.6 Å². The smallest absolute Gasteiger partial charge is 0.293 e. The Morgan fingerprint density at radius 3 is 2.77 bits per heavy atom. The molecular weight excluding hydrogens is 284 g/mol. The van der Waals surface area contributed by atoms with Gasteiger partial charge in [0.1, 0.15) is 5.69 Å². The lowest BCUT2D eigenvalue weighted by molar-refractivity contribution is -0.384. The Morgan fingerprint density at radius 1 is 1.32 bits per heavy atom. The van der Waals surface area contributed by atoms with Gasteiger partial charge in [-0.2, -0.15) is 0 Å². The third-order valence-corrected chi connectivity index (χ3v) is 3.12. The molecule has 1 aromatic heterocycles. The number of nitrogens with zero attached hydrogens (tertiary/aromatic N) is 2. The number of benzene rings is 1. The Bertz CT molecular complexity index is 674. The van der Waals surface area contributed by atoms with Gasteiger partial charge in [0.2, 0.25) is 0 Å². The summed E-state index contributed by atoms with van der Waals surface area (Å²) in [4.78, 5) is 26.7. The molecule has 0 bridgehead atoms. The first-order valence-corrected chi connectivity index (χ1v) is 6.76. The molecular formula is C15H16N4O3. The van der Waals surface area contributed by atoms with E-state index in [9.17, 15) is 14.9 Å². The number of hydrogen-bond donors (Lipinski definition) is 2. The molecule has 0 aliphatic rings. The van der Waals surface area contributed by atoms with Crippen LogP contribution >= 0.6 is 0 Å². The number of nitro benzene ring substituents is 1. The Kier molecular flexibility index (Phi) is 5.02. The summed E-state index contributed by atoms with van der Waals surface area (Å²) in [7, 11) is 1.59. The summed E-state index contributed by atoms with van der Waals surface area (Å²) in [6, 6.07) is 9.91. The normalized spacial score (nSPS) is 10.0. The van der Waals surface area contributed by atoms with E-state index in [1.807, 2.05) is 18.2 Å². The van der Waals surface area contributed by atoms with Gasteiger partial charge in [0, 0.05) is 43.5 Å². The van der Waals surface area contributed by atoms with Crippen LogP contribution in [0.5, 0.6) is 0 Å². The standard InChI is InChI=1S/C15H16N4O3/c1-16-13-6-5-11(10-14(13)19(21)22)15(20)18-9-7-12-4-2-3-8-17-12/h2-6,8,10,16H,7,9H2,1H3,(H,18,20). The monoisotopic (exact) mass is 300 g/mol. The van der Waals surface area contributed by atoms with Crippen molar-refractivity contribution in [1.82, 2.24) is 10.3 Å². The van der Waals surface area contributed by atoms with Crippen LogP contribution in [0.1, 0.15) is 16.1 Å². The molecule has 2 aromatic rings. The zero-order valence-electron chi connectivity index (χ0n) is 12.1. The van der Waals surface area contributed by atoms with Crippen molar-refractivity contribution in [3.63, 3.8) is 0 Å². The van der Waals surface area contributed by atoms with E-state index < -0.39 is 4.92 Å². The maximum absolute atomic E-state index is 12.0. The van der Waals surface area contributed by atoms with E-state index in [2.05, 4.69) is 15.6 Å². The molecule has 0 aliphatic heterocycles. The highest BCUT2D eigenvalue weighted by molar-refractivity contribution is 5.95. The van der Waals surface area contributed by atoms with Crippen molar-refractivity contribution in [2.75, 3.05) is 18.9 Å². The predicted molar refractivity (Wildman–Crippen MR) is 82.9 cm³/mol. The second kappa shape index (κ2) is 7.16. The highest BCUT2D eigenvalue weighted by atomic mass is 16.6. The average molecular weight is 300 g/mol. The SMILES string of the molecule is CNc1ccc(C(=O)NCCc2ccccn2)cc1[N+](=O)[O-]. The van der Waals surface area contributed by atoms with E-state index in [1.165, 1.54) is 12.1 Å². The zero-order valence-corrected chi connectivity index (χ0v) is 12.1. The number of anilines is 1. The quantitative estimate of drug-likeness (QED) is 0.628. The van der Waals surface area contributed by atoms with Crippen molar-refractivity contribution >= 4 is 17.3 Å². The number of pyridine rings is 1. The van der Waals surface area contributed by atoms with Crippen molar-refractivity contribution < 1.29 is 9.72 Å². The first kappa shape index (κ1) is 15.4. The van der Waals surface area contributed by atoms with E-state index in [1.54, 1.807) is 19.3 Å². The molecule has 0 saturated carbocycles. The van der Waals surface area contributed by atoms with Gasteiger partial charge in [0.05, 0.1) is 4.92 Å². The van der Waals surface area contributed by atoms with E-state index in [-0.39, 0.29) is 17.2 Å². The fourth-order valence-corrected chi connectivity index (χ4v) is 1.99. The minimum absolute atomic E-state index is 0.125. The maximum Gasteiger partial charge on any atom is 0.293 e. The van der Waals surface area contributed by atoms with Gasteiger partial charge in [-0.3, -0.25) is 19.9 Å². The molecule has 22 heavy (non-hydrogen) atoms. The van der Waals surface area contributed by atoms with Crippen LogP contribution in [0.4, 0.5) is 11.4 Å². The number of aromatic nitrogens is 1. The van der Waals surface area contributed by atoms with Crippen LogP contribution in [0.15, 0.2) is 42.6 Å². The lowest BCUT2D eigenvalue weighted by atomic mass is 10.1. The van der Waals surface area contributed by atoms with Gasteiger partial charge in [0.15, 0.2) is 0 Å². The number of amides is 1. The molecule has 0 unspecified atom stereocenters. The molecule has 1 amide bonds. The highest BCUT2D eigenvalue weighted by Gasteiger charge is 2.16. The van der Waals surface area contributed by atoms with Gasteiger partial charge in [-0.15, -0.1) is 0 Å². The Hall–Kier alpha value is -2.96. The third-order valence-electron chi connectivity index (χ3n) is 3.12. The lowest BCUT2D eigenvalue weighted by Crippen LogP contribution is -2.26. The number of nitrogens with one attached hydrogen (secondary N) is 2. The molecule has 1 heterocycles. The average Bonchev–Trinajstić information content (AvgIpc) is 2.55. The van der Waals surface area contributed by atoms with E-state index >= 15 is 0 Å². The summed E-state index contributed by atoms with van der Waals surface area (Å²) in [5.74, 6) is -0.346. The Balaban J connectivity index is 2.00. The highest BCUT2D eigenvalue weighted by Crippen LogP contribution is 2.24. The summed E-state index contributed by atoms with van der Waals surface area (Å²) < 4.78 is 0. The zero-order chi connectivity index (χ0) is 15.9. The molecule has 2 rings (SSSR count). The van der Waals surface area contributed by atoms with Crippen molar-refractivity contribution in [2.24, 2.45) is 0 Å². The van der Waals surface area contributed by atoms with Crippen LogP contribution in [0.25, 0.3) is 0 Å². The van der Waals surface area contributed by atoms with Crippen molar-refractivity contribution in [3.05, 3.63) is 64.0 Å². The summed E-state index contributed by atoms with van der Waals surface area (Å²) in [5.41, 5.74) is 1.38. The molecule has 0 spiro atoms. The summed E-state index contributed by atoms with van der Waals surface area (Å²) >= 11 is 0. The molecule has 0 saturated heterocycles. The molecule has 0 fully saturated rings. The molecule has 114 valence electrons. The Labute approximate surface area is 127 Å². The number of rotatable bonds is 6. The predicted octanol–water partition coefficient (Wildman–Crippen LogP) is 2.00. The number of carbonyl (C=O) groups is 1. The molecule has 2 N–H and O–H groups in total. The van der Waals surface area contributed by atoms with E-state index in [0.29, 0.717) is 18.7 Å². The van der Waals surface area contributed by atoms with Gasteiger partial charge in [-0.1, -0.05) is 6.07 Å². The maximum atomic E-state index is 12.0. The van der Waals surface area contributed by atoms with Gasteiger partial charge >= 0.3 is 0 Å². The van der Waals surface area contributed by atoms with E-state index in [0.717, 1.165) is 5.69 Å². The van der Waals surface area contributed by atoms with Crippen LogP contribution in [-0.2, 0) is 6.42 Å². The molecule has 1 aromatic carbocycles. The van der Waals surface area contributed by atoms with Gasteiger partial charge in [-0.25, -0.2) is 0 Å². The van der Waals surface area contributed by atoms with Gasteiger partial charge in [0.25, 0.3) is 11.6 Å². The van der Waals surface area contributed by atoms with Crippen LogP contribution in [0, 0.1) is 10.1 Å². The minimum atomic E-state index is -0.517. The number of nitro groups is 1. The first-order valence-electron chi connectivity index (χ1n) is 6.76. The molecule has 0 radical (unpaired) electrons. The van der Waals surface area contributed by atoms with Crippen molar-refractivity contribution in [1.29, 1.82) is 0 Å². The van der Waals surface area contributed by atoms with Crippen LogP contribution in [-0.4, -0.2) is 29.4 Å². The lowest BCUT2D eigenvalue weighted by Gasteiger charge is -2.07. The molecule has 7 nitrogen and oxygen atoms in total. The topological polar surface area (TPSA) is 97.2 Å². The summed E-state index contributed by atoms with van der Waals surface area (Å²) in [5, 5.41) is 16.4. The third kappa shape index (κ3) is 3.78. The minimum Gasteiger partial charge on any atom is -0.383 e. The largest absolute Gasteiger partial charge is 0.383 e. The van der Waals surface area contributed by atoms with Gasteiger partial charge in [-0.05, 0) is 24.3 Å². The summed E-state index contributed by atoms with van der Waals surface area (Å²) in [6.45, 7) is 0.414. The summed E-state index contributed by atoms with van der Waals surface area (Å²) in [6.07, 6.45) is 2.29. The molecule has 7 heteroatoms. The second-order valence-corrected chi connectivity index (χ2v) is 4.57. The first-order chi connectivity index (χ1) is 10.6. The second-order valence-electron chi connectivity index (χ2n) is 4.57. The van der Waals surface area contributed by atoms with Crippen molar-refractivity contribution in [3.8, 4) is 0 Å². The van der Waals surface area contributed by atoms with E-state index in [4.69, 9.17) is 0 Å². The van der Waals surface area contributed by atoms with Crippen LogP contribution in [0.2, 0.25) is 0 Å². The number of carbonyl (C=O) groups excluding carboxylic acids is 1. The van der Waals surface area contributed by atoms with Crippen molar-refractivity contribution in [2.45, 2.75) is 6.42 Å². The van der Waals surface area contributed by atoms with Crippen LogP contribution in [0.3, 0.4) is 0 Å². The van der Waals surface area contributed by atoms with Gasteiger partial charge < -0.3 is 10.6 Å². The molecule has 0 aliphatic carbocycles. The fraction of sp³-hybridized carbons (Fsp3) is 0.200. The number of hydrogen-bond acceptors (Lipinski definition) is 5.